The number of unbranched alkanes of at least 4 members (excludes halogenated alkanes) is 12. The summed E-state index contributed by atoms with van der Waals surface area (Å²) in [4.78, 5) is 0. The first kappa shape index (κ1) is 28.5. The van der Waals surface area contributed by atoms with Crippen LogP contribution >= 0.6 is 0 Å². The maximum atomic E-state index is 13.4. The SMILES string of the molecule is CCCCOCCCCCCCCCCCCCCC(F)(C(F)(F)F)C(F)(F)F. The average molecular weight is 439 g/mol. The van der Waals surface area contributed by atoms with Crippen LogP contribution in [0, 0.1) is 0 Å². The van der Waals surface area contributed by atoms with E-state index in [2.05, 4.69) is 6.92 Å². The fraction of sp³-hybridized carbons (Fsp3) is 1.00. The highest BCUT2D eigenvalue weighted by Gasteiger charge is 2.71. The molecule has 0 aliphatic heterocycles. The zero-order chi connectivity index (χ0) is 22.2. The van der Waals surface area contributed by atoms with Crippen LogP contribution in [0.1, 0.15) is 103 Å². The molecule has 0 aromatic heterocycles. The number of hydrogen-bond acceptors (Lipinski definition) is 1. The standard InChI is InChI=1S/C21H37F7O/c1-2-3-17-29-18-15-13-11-9-7-5-4-6-8-10-12-14-16-19(22,20(23,24)25)21(26,27)28/h2-18H2,1H3. The molecule has 0 N–H and O–H groups in total. The molecule has 0 aliphatic carbocycles. The molecule has 0 radical (unpaired) electrons. The summed E-state index contributed by atoms with van der Waals surface area (Å²) in [5.74, 6) is 0. The minimum absolute atomic E-state index is 0.179. The van der Waals surface area contributed by atoms with Gasteiger partial charge in [-0.3, -0.25) is 0 Å². The zero-order valence-electron chi connectivity index (χ0n) is 17.6. The van der Waals surface area contributed by atoms with E-state index in [-0.39, 0.29) is 6.42 Å². The van der Waals surface area contributed by atoms with E-state index in [0.717, 1.165) is 71.0 Å². The molecule has 0 heterocycles. The Morgan fingerprint density at radius 3 is 1.21 bits per heavy atom. The molecule has 0 saturated carbocycles. The Morgan fingerprint density at radius 1 is 0.483 bits per heavy atom. The third-order valence-corrected chi connectivity index (χ3v) is 5.10. The largest absolute Gasteiger partial charge is 0.431 e. The van der Waals surface area contributed by atoms with Gasteiger partial charge < -0.3 is 4.74 Å². The topological polar surface area (TPSA) is 9.23 Å². The lowest BCUT2D eigenvalue weighted by Gasteiger charge is -2.29. The second-order valence-corrected chi connectivity index (χ2v) is 7.76. The number of halogens is 7. The summed E-state index contributed by atoms with van der Waals surface area (Å²) >= 11 is 0. The number of alkyl halides is 7. The molecule has 0 amide bonds. The van der Waals surface area contributed by atoms with Gasteiger partial charge in [0.25, 0.3) is 5.67 Å². The van der Waals surface area contributed by atoms with Gasteiger partial charge >= 0.3 is 12.4 Å². The first-order valence-corrected chi connectivity index (χ1v) is 11.0. The Hall–Kier alpha value is -0.530. The van der Waals surface area contributed by atoms with Crippen molar-refractivity contribution in [2.24, 2.45) is 0 Å². The van der Waals surface area contributed by atoms with Gasteiger partial charge in [0.1, 0.15) is 0 Å². The fourth-order valence-electron chi connectivity index (χ4n) is 3.13. The van der Waals surface area contributed by atoms with Crippen molar-refractivity contribution < 1.29 is 35.5 Å². The predicted molar refractivity (Wildman–Crippen MR) is 102 cm³/mol. The summed E-state index contributed by atoms with van der Waals surface area (Å²) in [6, 6.07) is 0. The molecule has 0 rings (SSSR count). The van der Waals surface area contributed by atoms with Gasteiger partial charge in [-0.25, -0.2) is 4.39 Å². The van der Waals surface area contributed by atoms with Gasteiger partial charge in [-0.15, -0.1) is 0 Å². The maximum Gasteiger partial charge on any atom is 0.431 e. The van der Waals surface area contributed by atoms with Crippen molar-refractivity contribution in [1.82, 2.24) is 0 Å². The van der Waals surface area contributed by atoms with Crippen molar-refractivity contribution in [1.29, 1.82) is 0 Å². The highest BCUT2D eigenvalue weighted by atomic mass is 19.4. The molecular formula is C21H37F7O. The third-order valence-electron chi connectivity index (χ3n) is 5.10. The second-order valence-electron chi connectivity index (χ2n) is 7.76. The molecule has 0 aromatic carbocycles. The normalized spacial score (nSPS) is 13.2. The van der Waals surface area contributed by atoms with E-state index in [1.54, 1.807) is 0 Å². The van der Waals surface area contributed by atoms with Crippen molar-refractivity contribution >= 4 is 0 Å². The Morgan fingerprint density at radius 2 is 0.828 bits per heavy atom. The van der Waals surface area contributed by atoms with Gasteiger partial charge in [-0.2, -0.15) is 26.3 Å². The Balaban J connectivity index is 3.52. The van der Waals surface area contributed by atoms with Crippen molar-refractivity contribution in [3.05, 3.63) is 0 Å². The lowest BCUT2D eigenvalue weighted by atomic mass is 9.96. The average Bonchev–Trinajstić information content (AvgIpc) is 2.62. The van der Waals surface area contributed by atoms with Crippen LogP contribution in [-0.4, -0.2) is 31.2 Å². The van der Waals surface area contributed by atoms with Crippen LogP contribution in [0.15, 0.2) is 0 Å². The first-order valence-electron chi connectivity index (χ1n) is 11.0. The quantitative estimate of drug-likeness (QED) is 0.154. The molecule has 0 aliphatic rings. The van der Waals surface area contributed by atoms with E-state index in [9.17, 15) is 30.7 Å². The van der Waals surface area contributed by atoms with Crippen LogP contribution in [0.4, 0.5) is 30.7 Å². The summed E-state index contributed by atoms with van der Waals surface area (Å²) in [6.45, 7) is 3.81. The van der Waals surface area contributed by atoms with Gasteiger partial charge in [0.15, 0.2) is 0 Å². The highest BCUT2D eigenvalue weighted by Crippen LogP contribution is 2.49. The smallest absolute Gasteiger partial charge is 0.381 e. The van der Waals surface area contributed by atoms with Crippen LogP contribution in [0.5, 0.6) is 0 Å². The molecule has 176 valence electrons. The number of rotatable bonds is 18. The molecule has 0 fully saturated rings. The first-order chi connectivity index (χ1) is 13.6. The van der Waals surface area contributed by atoms with Crippen molar-refractivity contribution in [2.45, 2.75) is 121 Å². The lowest BCUT2D eigenvalue weighted by molar-refractivity contribution is -0.343. The molecule has 0 unspecified atom stereocenters. The van der Waals surface area contributed by atoms with Crippen molar-refractivity contribution in [3.8, 4) is 0 Å². The van der Waals surface area contributed by atoms with Crippen LogP contribution in [0.2, 0.25) is 0 Å². The lowest BCUT2D eigenvalue weighted by Crippen LogP contribution is -2.53. The molecule has 29 heavy (non-hydrogen) atoms. The molecular weight excluding hydrogens is 401 g/mol. The van der Waals surface area contributed by atoms with Gasteiger partial charge in [0, 0.05) is 13.2 Å². The second kappa shape index (κ2) is 15.3. The summed E-state index contributed by atoms with van der Waals surface area (Å²) in [5, 5.41) is 0. The Labute approximate surface area is 170 Å². The van der Waals surface area contributed by atoms with E-state index in [4.69, 9.17) is 4.74 Å². The highest BCUT2D eigenvalue weighted by molar-refractivity contribution is 4.94. The molecule has 0 atom stereocenters. The van der Waals surface area contributed by atoms with Crippen LogP contribution in [0.3, 0.4) is 0 Å². The third kappa shape index (κ3) is 12.7. The van der Waals surface area contributed by atoms with Gasteiger partial charge in [-0.05, 0) is 25.7 Å². The summed E-state index contributed by atoms with van der Waals surface area (Å²) in [6.07, 6.45) is -1.35. The maximum absolute atomic E-state index is 13.4. The molecule has 0 bridgehead atoms. The molecule has 1 nitrogen and oxygen atoms in total. The molecule has 0 aromatic rings. The van der Waals surface area contributed by atoms with Gasteiger partial charge in [0.2, 0.25) is 0 Å². The Kier molecular flexibility index (Phi) is 15.0. The Bertz CT molecular complexity index is 366. The predicted octanol–water partition coefficient (Wildman–Crippen LogP) is 8.71. The summed E-state index contributed by atoms with van der Waals surface area (Å²) < 4.78 is 93.4. The van der Waals surface area contributed by atoms with E-state index in [0.29, 0.717) is 6.42 Å². The minimum Gasteiger partial charge on any atom is -0.381 e. The molecule has 0 spiro atoms. The summed E-state index contributed by atoms with van der Waals surface area (Å²) in [5.41, 5.74) is -5.10. The zero-order valence-corrected chi connectivity index (χ0v) is 17.6. The number of hydrogen-bond donors (Lipinski definition) is 0. The molecule has 8 heteroatoms. The van der Waals surface area contributed by atoms with Crippen LogP contribution in [-0.2, 0) is 4.74 Å². The van der Waals surface area contributed by atoms with Crippen LogP contribution < -0.4 is 0 Å². The molecule has 0 saturated heterocycles. The van der Waals surface area contributed by atoms with Crippen molar-refractivity contribution in [2.75, 3.05) is 13.2 Å². The van der Waals surface area contributed by atoms with Crippen molar-refractivity contribution in [3.63, 3.8) is 0 Å². The fourth-order valence-corrected chi connectivity index (χ4v) is 3.13. The number of ether oxygens (including phenoxy) is 1. The van der Waals surface area contributed by atoms with Gasteiger partial charge in [-0.1, -0.05) is 77.6 Å². The summed E-state index contributed by atoms with van der Waals surface area (Å²) in [7, 11) is 0. The minimum atomic E-state index is -5.92. The van der Waals surface area contributed by atoms with E-state index < -0.39 is 30.9 Å². The monoisotopic (exact) mass is 438 g/mol. The van der Waals surface area contributed by atoms with E-state index in [1.165, 1.54) is 12.8 Å². The van der Waals surface area contributed by atoms with E-state index in [1.807, 2.05) is 0 Å². The van der Waals surface area contributed by atoms with Crippen LogP contribution in [0.25, 0.3) is 0 Å². The van der Waals surface area contributed by atoms with E-state index >= 15 is 0 Å². The van der Waals surface area contributed by atoms with Gasteiger partial charge in [0.05, 0.1) is 0 Å².